The molecule has 1 aliphatic rings. The molecule has 5 nitrogen and oxygen atoms in total. The maximum Gasteiger partial charge on any atom is 0.291 e. The standard InChI is InChI=1S/C11H18N4O/c1-7-5-3-4-6-9(7)13-11(16)10-12-8(2)14-15-10/h7,9H,3-6H2,1-2H3,(H,13,16)(H,12,14,15). The molecule has 1 aromatic rings. The first-order valence-electron chi connectivity index (χ1n) is 5.86. The molecule has 2 unspecified atom stereocenters. The Hall–Kier alpha value is -1.39. The Morgan fingerprint density at radius 1 is 1.44 bits per heavy atom. The molecule has 1 fully saturated rings. The second-order valence-corrected chi connectivity index (χ2v) is 4.59. The lowest BCUT2D eigenvalue weighted by molar-refractivity contribution is 0.0900. The number of aromatic nitrogens is 3. The highest BCUT2D eigenvalue weighted by Gasteiger charge is 2.24. The van der Waals surface area contributed by atoms with Crippen LogP contribution in [0.25, 0.3) is 0 Å². The Labute approximate surface area is 95.0 Å². The molecule has 2 rings (SSSR count). The summed E-state index contributed by atoms with van der Waals surface area (Å²) in [5.41, 5.74) is 0. The van der Waals surface area contributed by atoms with Crippen molar-refractivity contribution in [3.63, 3.8) is 0 Å². The second kappa shape index (κ2) is 4.63. The van der Waals surface area contributed by atoms with E-state index in [1.165, 1.54) is 19.3 Å². The van der Waals surface area contributed by atoms with Crippen molar-refractivity contribution in [2.45, 2.75) is 45.6 Å². The number of nitrogens with one attached hydrogen (secondary N) is 2. The first-order valence-corrected chi connectivity index (χ1v) is 5.86. The molecule has 16 heavy (non-hydrogen) atoms. The van der Waals surface area contributed by atoms with Crippen LogP contribution in [0.3, 0.4) is 0 Å². The van der Waals surface area contributed by atoms with Crippen LogP contribution < -0.4 is 5.32 Å². The predicted octanol–water partition coefficient (Wildman–Crippen LogP) is 1.42. The van der Waals surface area contributed by atoms with E-state index in [1.54, 1.807) is 6.92 Å². The molecule has 88 valence electrons. The molecule has 1 saturated carbocycles. The molecule has 1 amide bonds. The summed E-state index contributed by atoms with van der Waals surface area (Å²) < 4.78 is 0. The van der Waals surface area contributed by atoms with Gasteiger partial charge in [-0.3, -0.25) is 9.89 Å². The van der Waals surface area contributed by atoms with Crippen LogP contribution in [-0.2, 0) is 0 Å². The van der Waals surface area contributed by atoms with Crippen LogP contribution in [0.4, 0.5) is 0 Å². The summed E-state index contributed by atoms with van der Waals surface area (Å²) in [6, 6.07) is 0.278. The van der Waals surface area contributed by atoms with Gasteiger partial charge < -0.3 is 5.32 Å². The quantitative estimate of drug-likeness (QED) is 0.795. The summed E-state index contributed by atoms with van der Waals surface area (Å²) in [6.45, 7) is 3.97. The molecule has 0 saturated heterocycles. The van der Waals surface area contributed by atoms with Crippen molar-refractivity contribution in [1.29, 1.82) is 0 Å². The lowest BCUT2D eigenvalue weighted by Crippen LogP contribution is -2.41. The minimum Gasteiger partial charge on any atom is -0.346 e. The zero-order chi connectivity index (χ0) is 11.5. The molecular formula is C11H18N4O. The molecule has 5 heteroatoms. The molecule has 0 spiro atoms. The molecule has 1 aliphatic carbocycles. The van der Waals surface area contributed by atoms with Crippen LogP contribution >= 0.6 is 0 Å². The number of H-pyrrole nitrogens is 1. The monoisotopic (exact) mass is 222 g/mol. The van der Waals surface area contributed by atoms with E-state index < -0.39 is 0 Å². The summed E-state index contributed by atoms with van der Waals surface area (Å²) >= 11 is 0. The Balaban J connectivity index is 1.96. The summed E-state index contributed by atoms with van der Waals surface area (Å²) in [5.74, 6) is 1.30. The van der Waals surface area contributed by atoms with Crippen molar-refractivity contribution >= 4 is 5.91 Å². The van der Waals surface area contributed by atoms with Crippen LogP contribution in [0.15, 0.2) is 0 Å². The number of carbonyl (C=O) groups is 1. The molecule has 1 aromatic heterocycles. The third kappa shape index (κ3) is 2.40. The number of carbonyl (C=O) groups excluding carboxylic acids is 1. The number of aryl methyl sites for hydroxylation is 1. The maximum absolute atomic E-state index is 11.8. The van der Waals surface area contributed by atoms with Gasteiger partial charge in [0, 0.05) is 6.04 Å². The van der Waals surface area contributed by atoms with Gasteiger partial charge in [-0.05, 0) is 25.7 Å². The first-order chi connectivity index (χ1) is 7.66. The predicted molar refractivity (Wildman–Crippen MR) is 60.0 cm³/mol. The molecule has 0 radical (unpaired) electrons. The Morgan fingerprint density at radius 2 is 2.19 bits per heavy atom. The smallest absolute Gasteiger partial charge is 0.291 e. The van der Waals surface area contributed by atoms with Gasteiger partial charge in [-0.15, -0.1) is 5.10 Å². The fourth-order valence-electron chi connectivity index (χ4n) is 2.21. The van der Waals surface area contributed by atoms with Crippen molar-refractivity contribution in [2.75, 3.05) is 0 Å². The summed E-state index contributed by atoms with van der Waals surface area (Å²) in [7, 11) is 0. The second-order valence-electron chi connectivity index (χ2n) is 4.59. The minimum absolute atomic E-state index is 0.164. The highest BCUT2D eigenvalue weighted by molar-refractivity contribution is 5.90. The van der Waals surface area contributed by atoms with Gasteiger partial charge in [0.2, 0.25) is 5.82 Å². The van der Waals surface area contributed by atoms with Gasteiger partial charge in [-0.1, -0.05) is 19.8 Å². The average molecular weight is 222 g/mol. The van der Waals surface area contributed by atoms with E-state index in [9.17, 15) is 4.79 Å². The molecule has 0 aliphatic heterocycles. The van der Waals surface area contributed by atoms with Crippen LogP contribution in [0, 0.1) is 12.8 Å². The van der Waals surface area contributed by atoms with E-state index in [2.05, 4.69) is 27.4 Å². The van der Waals surface area contributed by atoms with Crippen molar-refractivity contribution < 1.29 is 4.79 Å². The number of amides is 1. The molecule has 2 N–H and O–H groups in total. The Bertz CT molecular complexity index is 374. The van der Waals surface area contributed by atoms with Gasteiger partial charge in [0.25, 0.3) is 5.91 Å². The van der Waals surface area contributed by atoms with Crippen LogP contribution in [-0.4, -0.2) is 27.1 Å². The molecule has 0 bridgehead atoms. The van der Waals surface area contributed by atoms with E-state index in [-0.39, 0.29) is 17.8 Å². The number of hydrogen-bond acceptors (Lipinski definition) is 3. The maximum atomic E-state index is 11.8. The minimum atomic E-state index is -0.164. The highest BCUT2D eigenvalue weighted by atomic mass is 16.2. The van der Waals surface area contributed by atoms with Gasteiger partial charge in [0.15, 0.2) is 0 Å². The van der Waals surface area contributed by atoms with Crippen molar-refractivity contribution in [3.8, 4) is 0 Å². The highest BCUT2D eigenvalue weighted by Crippen LogP contribution is 2.23. The zero-order valence-electron chi connectivity index (χ0n) is 9.79. The van der Waals surface area contributed by atoms with Crippen molar-refractivity contribution in [1.82, 2.24) is 20.5 Å². The zero-order valence-corrected chi connectivity index (χ0v) is 9.79. The summed E-state index contributed by atoms with van der Waals surface area (Å²) in [4.78, 5) is 15.8. The van der Waals surface area contributed by atoms with Gasteiger partial charge in [0.1, 0.15) is 5.82 Å². The molecule has 1 heterocycles. The average Bonchev–Trinajstić information content (AvgIpc) is 2.68. The molecule has 2 atom stereocenters. The van der Waals surface area contributed by atoms with Crippen LogP contribution in [0.2, 0.25) is 0 Å². The SMILES string of the molecule is Cc1nc(C(=O)NC2CCCCC2C)n[nH]1. The third-order valence-electron chi connectivity index (χ3n) is 3.23. The number of nitrogens with zero attached hydrogens (tertiary/aromatic N) is 2. The van der Waals surface area contributed by atoms with Gasteiger partial charge in [-0.25, -0.2) is 4.98 Å². The molecule has 0 aromatic carbocycles. The topological polar surface area (TPSA) is 70.7 Å². The summed E-state index contributed by atoms with van der Waals surface area (Å²) in [5, 5.41) is 9.55. The Kier molecular flexibility index (Phi) is 3.22. The first kappa shape index (κ1) is 11.1. The number of hydrogen-bond donors (Lipinski definition) is 2. The lowest BCUT2D eigenvalue weighted by Gasteiger charge is -2.28. The van der Waals surface area contributed by atoms with Gasteiger partial charge in [-0.2, -0.15) is 0 Å². The van der Waals surface area contributed by atoms with Crippen molar-refractivity contribution in [2.24, 2.45) is 5.92 Å². The number of rotatable bonds is 2. The van der Waals surface area contributed by atoms with E-state index in [4.69, 9.17) is 0 Å². The van der Waals surface area contributed by atoms with Crippen molar-refractivity contribution in [3.05, 3.63) is 11.6 Å². The van der Waals surface area contributed by atoms with Crippen LogP contribution in [0.1, 0.15) is 49.1 Å². The number of aromatic amines is 1. The van der Waals surface area contributed by atoms with Gasteiger partial charge in [0.05, 0.1) is 0 Å². The fraction of sp³-hybridized carbons (Fsp3) is 0.727. The summed E-state index contributed by atoms with van der Waals surface area (Å²) in [6.07, 6.45) is 4.73. The van der Waals surface area contributed by atoms with Gasteiger partial charge >= 0.3 is 0 Å². The van der Waals surface area contributed by atoms with E-state index >= 15 is 0 Å². The largest absolute Gasteiger partial charge is 0.346 e. The van der Waals surface area contributed by atoms with Crippen LogP contribution in [0.5, 0.6) is 0 Å². The van der Waals surface area contributed by atoms with E-state index in [0.717, 1.165) is 6.42 Å². The fourth-order valence-corrected chi connectivity index (χ4v) is 2.21. The normalized spacial score (nSPS) is 25.4. The lowest BCUT2D eigenvalue weighted by atomic mass is 9.86. The Morgan fingerprint density at radius 3 is 2.81 bits per heavy atom. The van der Waals surface area contributed by atoms with E-state index in [0.29, 0.717) is 11.7 Å². The van der Waals surface area contributed by atoms with E-state index in [1.807, 2.05) is 0 Å². The molecular weight excluding hydrogens is 204 g/mol. The third-order valence-corrected chi connectivity index (χ3v) is 3.23.